The van der Waals surface area contributed by atoms with E-state index < -0.39 is 9.84 Å². The predicted octanol–water partition coefficient (Wildman–Crippen LogP) is 0.866. The number of nitrogens with zero attached hydrogens (tertiary/aromatic N) is 1. The second-order valence-electron chi connectivity index (χ2n) is 4.54. The smallest absolute Gasteiger partial charge is 0.174 e. The van der Waals surface area contributed by atoms with Gasteiger partial charge in [0.25, 0.3) is 0 Å². The van der Waals surface area contributed by atoms with Crippen molar-refractivity contribution in [2.75, 3.05) is 18.1 Å². The van der Waals surface area contributed by atoms with E-state index in [0.29, 0.717) is 18.7 Å². The van der Waals surface area contributed by atoms with Crippen molar-refractivity contribution in [2.24, 2.45) is 0 Å². The molecule has 1 unspecified atom stereocenters. The number of sulfone groups is 1. The molecule has 0 aliphatic carbocycles. The molecule has 0 radical (unpaired) electrons. The summed E-state index contributed by atoms with van der Waals surface area (Å²) in [5.41, 5.74) is 0.932. The van der Waals surface area contributed by atoms with Crippen molar-refractivity contribution in [3.63, 3.8) is 0 Å². The summed E-state index contributed by atoms with van der Waals surface area (Å²) >= 11 is 0. The topological polar surface area (TPSA) is 79.2 Å². The summed E-state index contributed by atoms with van der Waals surface area (Å²) in [6.45, 7) is 0.552. The van der Waals surface area contributed by atoms with Gasteiger partial charge in [0.05, 0.1) is 11.5 Å². The Morgan fingerprint density at radius 2 is 2.21 bits per heavy atom. The van der Waals surface area contributed by atoms with Crippen molar-refractivity contribution in [1.29, 1.82) is 5.26 Å². The number of para-hydroxylation sites is 1. The predicted molar refractivity (Wildman–Crippen MR) is 71.4 cm³/mol. The first-order chi connectivity index (χ1) is 9.11. The third-order valence-electron chi connectivity index (χ3n) is 3.08. The number of nitriles is 1. The fraction of sp³-hybridized carbons (Fsp3) is 0.462. The Labute approximate surface area is 113 Å². The van der Waals surface area contributed by atoms with Crippen molar-refractivity contribution in [2.45, 2.75) is 19.0 Å². The summed E-state index contributed by atoms with van der Waals surface area (Å²) in [6, 6.07) is 9.38. The first-order valence-corrected chi connectivity index (χ1v) is 7.94. The van der Waals surface area contributed by atoms with Crippen LogP contribution in [0.15, 0.2) is 24.3 Å². The van der Waals surface area contributed by atoms with Crippen molar-refractivity contribution < 1.29 is 13.2 Å². The largest absolute Gasteiger partial charge is 0.478 e. The molecule has 0 amide bonds. The van der Waals surface area contributed by atoms with Crippen molar-refractivity contribution in [3.8, 4) is 11.8 Å². The molecule has 1 heterocycles. The molecule has 1 atom stereocenters. The molecule has 0 saturated carbocycles. The van der Waals surface area contributed by atoms with E-state index in [1.807, 2.05) is 24.3 Å². The highest BCUT2D eigenvalue weighted by Gasteiger charge is 2.27. The van der Waals surface area contributed by atoms with Gasteiger partial charge in [-0.1, -0.05) is 18.2 Å². The lowest BCUT2D eigenvalue weighted by atomic mass is 10.2. The number of hydrogen-bond donors (Lipinski definition) is 1. The van der Waals surface area contributed by atoms with Gasteiger partial charge in [0, 0.05) is 18.2 Å². The van der Waals surface area contributed by atoms with Crippen LogP contribution in [0.2, 0.25) is 0 Å². The van der Waals surface area contributed by atoms with E-state index in [4.69, 9.17) is 10.00 Å². The lowest BCUT2D eigenvalue weighted by Crippen LogP contribution is -2.29. The zero-order valence-electron chi connectivity index (χ0n) is 10.5. The molecule has 0 spiro atoms. The molecule has 6 heteroatoms. The highest BCUT2D eigenvalue weighted by molar-refractivity contribution is 7.91. The van der Waals surface area contributed by atoms with Crippen LogP contribution in [0.1, 0.15) is 12.0 Å². The molecule has 0 bridgehead atoms. The van der Waals surface area contributed by atoms with E-state index in [0.717, 1.165) is 5.56 Å². The standard InChI is InChI=1S/C13H16N2O3S/c14-6-7-18-13-4-2-1-3-11(13)9-15-12-5-8-19(16,17)10-12/h1-4,12,15H,5,7-10H2. The second-order valence-corrected chi connectivity index (χ2v) is 6.76. The van der Waals surface area contributed by atoms with Crippen LogP contribution in [-0.2, 0) is 16.4 Å². The molecule has 1 aromatic carbocycles. The van der Waals surface area contributed by atoms with Crippen LogP contribution in [0, 0.1) is 11.3 Å². The molecule has 1 aliphatic heterocycles. The normalized spacial score (nSPS) is 20.9. The summed E-state index contributed by atoms with van der Waals surface area (Å²) < 4.78 is 28.0. The van der Waals surface area contributed by atoms with Crippen LogP contribution in [0.5, 0.6) is 5.75 Å². The molecule has 0 aromatic heterocycles. The van der Waals surface area contributed by atoms with Gasteiger partial charge in [0.1, 0.15) is 11.8 Å². The van der Waals surface area contributed by atoms with Crippen molar-refractivity contribution >= 4 is 9.84 Å². The van der Waals surface area contributed by atoms with E-state index in [2.05, 4.69) is 5.32 Å². The quantitative estimate of drug-likeness (QED) is 0.865. The lowest BCUT2D eigenvalue weighted by Gasteiger charge is -2.13. The summed E-state index contributed by atoms with van der Waals surface area (Å²) in [5.74, 6) is 1.13. The first-order valence-electron chi connectivity index (χ1n) is 6.12. The maximum Gasteiger partial charge on any atom is 0.174 e. The van der Waals surface area contributed by atoms with Gasteiger partial charge in [-0.2, -0.15) is 5.26 Å². The zero-order valence-corrected chi connectivity index (χ0v) is 11.3. The molecule has 1 aliphatic rings. The van der Waals surface area contributed by atoms with Gasteiger partial charge in [-0.15, -0.1) is 0 Å². The maximum atomic E-state index is 11.4. The summed E-state index contributed by atoms with van der Waals surface area (Å²) in [6.07, 6.45) is 0.656. The van der Waals surface area contributed by atoms with Gasteiger partial charge in [0.15, 0.2) is 16.4 Å². The molecule has 102 valence electrons. The Balaban J connectivity index is 1.94. The van der Waals surface area contributed by atoms with Crippen LogP contribution in [0.25, 0.3) is 0 Å². The summed E-state index contributed by atoms with van der Waals surface area (Å²) in [4.78, 5) is 0. The van der Waals surface area contributed by atoms with Crippen molar-refractivity contribution in [3.05, 3.63) is 29.8 Å². The summed E-state index contributed by atoms with van der Waals surface area (Å²) in [7, 11) is -2.86. The van der Waals surface area contributed by atoms with Gasteiger partial charge in [-0.05, 0) is 12.5 Å². The molecule has 1 fully saturated rings. The molecule has 1 N–H and O–H groups in total. The van der Waals surface area contributed by atoms with E-state index in [9.17, 15) is 8.42 Å². The second kappa shape index (κ2) is 6.04. The van der Waals surface area contributed by atoms with Crippen LogP contribution in [0.3, 0.4) is 0 Å². The van der Waals surface area contributed by atoms with E-state index in [-0.39, 0.29) is 24.2 Å². The van der Waals surface area contributed by atoms with Crippen molar-refractivity contribution in [1.82, 2.24) is 5.32 Å². The minimum atomic E-state index is -2.86. The van der Waals surface area contributed by atoms with Crippen LogP contribution >= 0.6 is 0 Å². The highest BCUT2D eigenvalue weighted by atomic mass is 32.2. The van der Waals surface area contributed by atoms with E-state index in [1.54, 1.807) is 6.07 Å². The first kappa shape index (κ1) is 13.8. The Kier molecular flexibility index (Phi) is 4.40. The van der Waals surface area contributed by atoms with Gasteiger partial charge >= 0.3 is 0 Å². The summed E-state index contributed by atoms with van der Waals surface area (Å²) in [5, 5.41) is 11.7. The lowest BCUT2D eigenvalue weighted by molar-refractivity contribution is 0.361. The monoisotopic (exact) mass is 280 g/mol. The highest BCUT2D eigenvalue weighted by Crippen LogP contribution is 2.19. The SMILES string of the molecule is N#CCOc1ccccc1CNC1CCS(=O)(=O)C1. The van der Waals surface area contributed by atoms with Crippen LogP contribution in [0.4, 0.5) is 0 Å². The van der Waals surface area contributed by atoms with Gasteiger partial charge in [-0.25, -0.2) is 8.42 Å². The average Bonchev–Trinajstić information content (AvgIpc) is 2.74. The maximum absolute atomic E-state index is 11.4. The van der Waals surface area contributed by atoms with Crippen LogP contribution in [-0.4, -0.2) is 32.6 Å². The van der Waals surface area contributed by atoms with Gasteiger partial charge in [-0.3, -0.25) is 0 Å². The third-order valence-corrected chi connectivity index (χ3v) is 4.85. The number of nitrogens with one attached hydrogen (secondary N) is 1. The molecule has 19 heavy (non-hydrogen) atoms. The number of benzene rings is 1. The molecule has 1 aromatic rings. The Hall–Kier alpha value is -1.58. The van der Waals surface area contributed by atoms with Gasteiger partial charge in [0.2, 0.25) is 0 Å². The molecule has 5 nitrogen and oxygen atoms in total. The Bertz CT molecular complexity index is 578. The fourth-order valence-corrected chi connectivity index (χ4v) is 3.82. The van der Waals surface area contributed by atoms with E-state index in [1.165, 1.54) is 0 Å². The minimum Gasteiger partial charge on any atom is -0.478 e. The average molecular weight is 280 g/mol. The number of hydrogen-bond acceptors (Lipinski definition) is 5. The molecule has 1 saturated heterocycles. The Morgan fingerprint density at radius 3 is 2.89 bits per heavy atom. The van der Waals surface area contributed by atoms with E-state index >= 15 is 0 Å². The number of rotatable bonds is 5. The van der Waals surface area contributed by atoms with Gasteiger partial charge < -0.3 is 10.1 Å². The number of ether oxygens (including phenoxy) is 1. The van der Waals surface area contributed by atoms with Crippen LogP contribution < -0.4 is 10.1 Å². The fourth-order valence-electron chi connectivity index (χ4n) is 2.11. The Morgan fingerprint density at radius 1 is 1.42 bits per heavy atom. The molecular formula is C13H16N2O3S. The molecular weight excluding hydrogens is 264 g/mol. The molecule has 2 rings (SSSR count). The zero-order chi connectivity index (χ0) is 13.7. The third kappa shape index (κ3) is 3.94. The minimum absolute atomic E-state index is 0.00835.